The van der Waals surface area contributed by atoms with Crippen molar-refractivity contribution in [2.75, 3.05) is 7.11 Å². The van der Waals surface area contributed by atoms with E-state index in [4.69, 9.17) is 15.6 Å². The third kappa shape index (κ3) is 3.39. The van der Waals surface area contributed by atoms with Crippen LogP contribution < -0.4 is 5.73 Å². The first-order chi connectivity index (χ1) is 8.60. The summed E-state index contributed by atoms with van der Waals surface area (Å²) in [5.74, 6) is -0.756. The molecule has 0 bridgehead atoms. The van der Waals surface area contributed by atoms with E-state index in [-0.39, 0.29) is 11.3 Å². The van der Waals surface area contributed by atoms with Gasteiger partial charge in [0.15, 0.2) is 5.82 Å². The van der Waals surface area contributed by atoms with Gasteiger partial charge in [-0.2, -0.15) is 0 Å². The summed E-state index contributed by atoms with van der Waals surface area (Å²) in [6.45, 7) is 1.69. The van der Waals surface area contributed by atoms with Crippen molar-refractivity contribution in [2.45, 2.75) is 13.0 Å². The number of aliphatic carboxylic acids is 1. The topological polar surface area (TPSA) is 97.8 Å². The van der Waals surface area contributed by atoms with Gasteiger partial charge < -0.3 is 15.6 Å². The van der Waals surface area contributed by atoms with Crippen molar-refractivity contribution >= 4 is 17.5 Å². The van der Waals surface area contributed by atoms with E-state index in [1.807, 2.05) is 0 Å². The normalized spacial score (nSPS) is 14.3. The molecule has 0 radical (unpaired) electrons. The number of hydrogen-bond donors (Lipinski definition) is 2. The molecule has 1 heterocycles. The average Bonchev–Trinajstić information content (AvgIpc) is 2.38. The zero-order valence-electron chi connectivity index (χ0n) is 10.2. The van der Waals surface area contributed by atoms with E-state index >= 15 is 0 Å². The number of nitrogens with two attached hydrogens (primary N) is 1. The summed E-state index contributed by atoms with van der Waals surface area (Å²) >= 11 is 0. The predicted octanol–water partition coefficient (Wildman–Crippen LogP) is 1.12. The maximum atomic E-state index is 11.1. The van der Waals surface area contributed by atoms with Crippen LogP contribution in [0.5, 0.6) is 0 Å². The van der Waals surface area contributed by atoms with Gasteiger partial charge in [-0.25, -0.2) is 14.8 Å². The van der Waals surface area contributed by atoms with Crippen LogP contribution in [0.4, 0.5) is 5.82 Å². The van der Waals surface area contributed by atoms with E-state index in [0.29, 0.717) is 5.82 Å². The van der Waals surface area contributed by atoms with Crippen LogP contribution in [-0.4, -0.2) is 35.0 Å². The molecule has 0 aliphatic carbocycles. The SMILES string of the molecule is CO[C@@H](C)C(=Nc1ccccn1)C(=CN)C(=O)O. The van der Waals surface area contributed by atoms with E-state index in [2.05, 4.69) is 9.98 Å². The van der Waals surface area contributed by atoms with E-state index in [1.165, 1.54) is 7.11 Å². The van der Waals surface area contributed by atoms with E-state index < -0.39 is 12.1 Å². The Kier molecular flexibility index (Phi) is 5.01. The van der Waals surface area contributed by atoms with Crippen LogP contribution >= 0.6 is 0 Å². The van der Waals surface area contributed by atoms with Gasteiger partial charge in [0, 0.05) is 19.5 Å². The second-order valence-corrected chi connectivity index (χ2v) is 3.45. The lowest BCUT2D eigenvalue weighted by Gasteiger charge is -2.13. The van der Waals surface area contributed by atoms with Crippen molar-refractivity contribution in [1.82, 2.24) is 4.98 Å². The van der Waals surface area contributed by atoms with Crippen molar-refractivity contribution in [3.63, 3.8) is 0 Å². The van der Waals surface area contributed by atoms with Gasteiger partial charge in [0.25, 0.3) is 0 Å². The van der Waals surface area contributed by atoms with E-state index in [0.717, 1.165) is 6.20 Å². The number of aliphatic imine (C=N–C) groups is 1. The molecule has 3 N–H and O–H groups in total. The Bertz CT molecular complexity index is 469. The highest BCUT2D eigenvalue weighted by Gasteiger charge is 2.20. The molecule has 0 aliphatic rings. The van der Waals surface area contributed by atoms with Crippen LogP contribution in [0.25, 0.3) is 0 Å². The van der Waals surface area contributed by atoms with Gasteiger partial charge in [0.2, 0.25) is 0 Å². The fraction of sp³-hybridized carbons (Fsp3) is 0.250. The van der Waals surface area contributed by atoms with Crippen LogP contribution in [0.3, 0.4) is 0 Å². The van der Waals surface area contributed by atoms with Crippen molar-refractivity contribution in [2.24, 2.45) is 10.7 Å². The van der Waals surface area contributed by atoms with E-state index in [9.17, 15) is 4.79 Å². The molecule has 6 nitrogen and oxygen atoms in total. The molecule has 0 unspecified atom stereocenters. The summed E-state index contributed by atoms with van der Waals surface area (Å²) in [4.78, 5) is 19.3. The fourth-order valence-corrected chi connectivity index (χ4v) is 1.29. The van der Waals surface area contributed by atoms with Gasteiger partial charge in [-0.1, -0.05) is 6.07 Å². The Morgan fingerprint density at radius 2 is 2.33 bits per heavy atom. The van der Waals surface area contributed by atoms with Crippen LogP contribution in [0.2, 0.25) is 0 Å². The molecule has 0 saturated carbocycles. The maximum absolute atomic E-state index is 11.1. The summed E-state index contributed by atoms with van der Waals surface area (Å²) in [7, 11) is 1.47. The van der Waals surface area contributed by atoms with Crippen LogP contribution in [0.15, 0.2) is 41.2 Å². The number of nitrogens with zero attached hydrogens (tertiary/aromatic N) is 2. The monoisotopic (exact) mass is 249 g/mol. The predicted molar refractivity (Wildman–Crippen MR) is 67.7 cm³/mol. The summed E-state index contributed by atoms with van der Waals surface area (Å²) < 4.78 is 5.10. The Morgan fingerprint density at radius 1 is 1.61 bits per heavy atom. The molecule has 0 amide bonds. The number of ether oxygens (including phenoxy) is 1. The number of carboxylic acid groups (broad SMARTS) is 1. The molecule has 0 spiro atoms. The second-order valence-electron chi connectivity index (χ2n) is 3.45. The number of hydrogen-bond acceptors (Lipinski definition) is 5. The molecule has 6 heteroatoms. The van der Waals surface area contributed by atoms with Crippen LogP contribution in [0.1, 0.15) is 6.92 Å². The van der Waals surface area contributed by atoms with Crippen molar-refractivity contribution in [3.8, 4) is 0 Å². The Morgan fingerprint density at radius 3 is 2.78 bits per heavy atom. The van der Waals surface area contributed by atoms with Crippen LogP contribution in [0, 0.1) is 0 Å². The quantitative estimate of drug-likeness (QED) is 0.601. The number of pyridine rings is 1. The largest absolute Gasteiger partial charge is 0.478 e. The number of rotatable bonds is 5. The molecule has 0 aliphatic heterocycles. The summed E-state index contributed by atoms with van der Waals surface area (Å²) in [6.07, 6.45) is 2.07. The first-order valence-electron chi connectivity index (χ1n) is 5.28. The van der Waals surface area contributed by atoms with Crippen molar-refractivity contribution < 1.29 is 14.6 Å². The molecule has 0 saturated heterocycles. The first kappa shape index (κ1) is 13.9. The smallest absolute Gasteiger partial charge is 0.339 e. The number of carboxylic acids is 1. The van der Waals surface area contributed by atoms with Gasteiger partial charge >= 0.3 is 5.97 Å². The molecular formula is C12H15N3O3. The Balaban J connectivity index is 3.22. The zero-order chi connectivity index (χ0) is 13.5. The van der Waals surface area contributed by atoms with Gasteiger partial charge in [-0.3, -0.25) is 0 Å². The standard InChI is InChI=1S/C12H15N3O3/c1-8(18-2)11(9(7-13)12(16)17)15-10-5-3-4-6-14-10/h3-8H,13H2,1-2H3,(H,16,17)/t8-/m0/s1. The van der Waals surface area contributed by atoms with Crippen molar-refractivity contribution in [3.05, 3.63) is 36.2 Å². The average molecular weight is 249 g/mol. The second kappa shape index (κ2) is 6.51. The number of aromatic nitrogens is 1. The van der Waals surface area contributed by atoms with Crippen LogP contribution in [-0.2, 0) is 9.53 Å². The summed E-state index contributed by atoms with van der Waals surface area (Å²) in [5, 5.41) is 9.06. The molecule has 1 rings (SSSR count). The maximum Gasteiger partial charge on any atom is 0.339 e. The minimum absolute atomic E-state index is 0.102. The zero-order valence-corrected chi connectivity index (χ0v) is 10.2. The molecule has 0 aromatic carbocycles. The highest BCUT2D eigenvalue weighted by atomic mass is 16.5. The minimum Gasteiger partial charge on any atom is -0.478 e. The van der Waals surface area contributed by atoms with Gasteiger partial charge in [0.05, 0.1) is 17.4 Å². The Labute approximate surface area is 105 Å². The molecule has 1 aromatic heterocycles. The van der Waals surface area contributed by atoms with Crippen molar-refractivity contribution in [1.29, 1.82) is 0 Å². The lowest BCUT2D eigenvalue weighted by molar-refractivity contribution is -0.132. The Hall–Kier alpha value is -2.21. The highest BCUT2D eigenvalue weighted by molar-refractivity contribution is 6.21. The molecular weight excluding hydrogens is 234 g/mol. The molecule has 18 heavy (non-hydrogen) atoms. The lowest BCUT2D eigenvalue weighted by Crippen LogP contribution is -2.26. The third-order valence-corrected chi connectivity index (χ3v) is 2.30. The fourth-order valence-electron chi connectivity index (χ4n) is 1.29. The summed E-state index contributed by atoms with van der Waals surface area (Å²) in [6, 6.07) is 5.17. The number of carbonyl (C=O) groups is 1. The lowest BCUT2D eigenvalue weighted by atomic mass is 10.1. The molecule has 0 fully saturated rings. The first-order valence-corrected chi connectivity index (χ1v) is 5.28. The third-order valence-electron chi connectivity index (χ3n) is 2.30. The van der Waals surface area contributed by atoms with Gasteiger partial charge in [-0.15, -0.1) is 0 Å². The molecule has 1 atom stereocenters. The number of methoxy groups -OCH3 is 1. The van der Waals surface area contributed by atoms with Gasteiger partial charge in [0.1, 0.15) is 0 Å². The molecule has 96 valence electrons. The van der Waals surface area contributed by atoms with Gasteiger partial charge in [-0.05, 0) is 19.1 Å². The van der Waals surface area contributed by atoms with E-state index in [1.54, 1.807) is 31.3 Å². The highest BCUT2D eigenvalue weighted by Crippen LogP contribution is 2.13. The minimum atomic E-state index is -1.16. The molecule has 1 aromatic rings. The summed E-state index contributed by atoms with van der Waals surface area (Å²) in [5.41, 5.74) is 5.45.